The van der Waals surface area contributed by atoms with Gasteiger partial charge in [0.2, 0.25) is 0 Å². The van der Waals surface area contributed by atoms with E-state index >= 15 is 0 Å². The van der Waals surface area contributed by atoms with Crippen LogP contribution in [0.5, 0.6) is 0 Å². The molecule has 13 heavy (non-hydrogen) atoms. The van der Waals surface area contributed by atoms with Crippen LogP contribution >= 0.6 is 0 Å². The second-order valence-electron chi connectivity index (χ2n) is 4.89. The average molecular weight is 180 g/mol. The van der Waals surface area contributed by atoms with E-state index in [0.717, 1.165) is 12.8 Å². The van der Waals surface area contributed by atoms with Crippen molar-refractivity contribution in [2.45, 2.75) is 38.6 Å². The standard InChI is InChI=1S/C11H20N2/c1-9-5-10(2)7-11(6-9,8-12)13(3)4/h9-10H,5-7H2,1-4H3. The van der Waals surface area contributed by atoms with E-state index < -0.39 is 0 Å². The van der Waals surface area contributed by atoms with Crippen LogP contribution in [0.3, 0.4) is 0 Å². The summed E-state index contributed by atoms with van der Waals surface area (Å²) in [6, 6.07) is 2.50. The van der Waals surface area contributed by atoms with Gasteiger partial charge in [-0.3, -0.25) is 4.90 Å². The first-order chi connectivity index (χ1) is 6.00. The molecule has 74 valence electrons. The highest BCUT2D eigenvalue weighted by molar-refractivity contribution is 5.10. The van der Waals surface area contributed by atoms with E-state index in [1.54, 1.807) is 0 Å². The van der Waals surface area contributed by atoms with Crippen molar-refractivity contribution in [1.82, 2.24) is 4.90 Å². The number of nitrogens with zero attached hydrogens (tertiary/aromatic N) is 2. The summed E-state index contributed by atoms with van der Waals surface area (Å²) >= 11 is 0. The molecule has 0 aromatic carbocycles. The summed E-state index contributed by atoms with van der Waals surface area (Å²) in [4.78, 5) is 2.10. The quantitative estimate of drug-likeness (QED) is 0.619. The Labute approximate surface area is 81.5 Å². The monoisotopic (exact) mass is 180 g/mol. The topological polar surface area (TPSA) is 27.0 Å². The molecule has 0 heterocycles. The fraction of sp³-hybridized carbons (Fsp3) is 0.909. The van der Waals surface area contributed by atoms with E-state index in [1.165, 1.54) is 6.42 Å². The molecule has 1 aliphatic carbocycles. The van der Waals surface area contributed by atoms with E-state index in [-0.39, 0.29) is 5.54 Å². The zero-order valence-corrected chi connectivity index (χ0v) is 9.17. The summed E-state index contributed by atoms with van der Waals surface area (Å²) in [5.41, 5.74) is -0.197. The van der Waals surface area contributed by atoms with Gasteiger partial charge in [0.1, 0.15) is 5.54 Å². The molecule has 2 unspecified atom stereocenters. The van der Waals surface area contributed by atoms with Gasteiger partial charge in [-0.15, -0.1) is 0 Å². The Morgan fingerprint density at radius 3 is 2.00 bits per heavy atom. The summed E-state index contributed by atoms with van der Waals surface area (Å²) in [5, 5.41) is 9.26. The van der Waals surface area contributed by atoms with Crippen molar-refractivity contribution >= 4 is 0 Å². The number of hydrogen-bond acceptors (Lipinski definition) is 2. The van der Waals surface area contributed by atoms with Gasteiger partial charge in [0.05, 0.1) is 6.07 Å². The third-order valence-electron chi connectivity index (χ3n) is 3.24. The largest absolute Gasteiger partial charge is 0.292 e. The molecular formula is C11H20N2. The fourth-order valence-corrected chi connectivity index (χ4v) is 2.65. The van der Waals surface area contributed by atoms with Gasteiger partial charge in [-0.2, -0.15) is 5.26 Å². The maximum Gasteiger partial charge on any atom is 0.109 e. The first-order valence-corrected chi connectivity index (χ1v) is 5.09. The van der Waals surface area contributed by atoms with E-state index in [2.05, 4.69) is 24.8 Å². The summed E-state index contributed by atoms with van der Waals surface area (Å²) in [6.07, 6.45) is 3.33. The Morgan fingerprint density at radius 2 is 1.69 bits per heavy atom. The lowest BCUT2D eigenvalue weighted by Gasteiger charge is -2.42. The molecule has 1 saturated carbocycles. The lowest BCUT2D eigenvalue weighted by molar-refractivity contribution is 0.0984. The van der Waals surface area contributed by atoms with Crippen LogP contribution in [0.25, 0.3) is 0 Å². The second kappa shape index (κ2) is 3.67. The Hall–Kier alpha value is -0.550. The Bertz CT molecular complexity index is 205. The molecule has 0 saturated heterocycles. The predicted molar refractivity (Wildman–Crippen MR) is 54.2 cm³/mol. The van der Waals surface area contributed by atoms with Crippen molar-refractivity contribution in [3.63, 3.8) is 0 Å². The van der Waals surface area contributed by atoms with Crippen molar-refractivity contribution in [3.05, 3.63) is 0 Å². The molecule has 1 rings (SSSR count). The van der Waals surface area contributed by atoms with E-state index in [1.807, 2.05) is 14.1 Å². The van der Waals surface area contributed by atoms with Crippen LogP contribution in [0.2, 0.25) is 0 Å². The smallest absolute Gasteiger partial charge is 0.109 e. The SMILES string of the molecule is CC1CC(C)CC(C#N)(N(C)C)C1. The van der Waals surface area contributed by atoms with Crippen LogP contribution in [0.1, 0.15) is 33.1 Å². The van der Waals surface area contributed by atoms with Crippen molar-refractivity contribution in [2.75, 3.05) is 14.1 Å². The molecule has 0 radical (unpaired) electrons. The molecule has 0 aliphatic heterocycles. The average Bonchev–Trinajstić information content (AvgIpc) is 2.02. The summed E-state index contributed by atoms with van der Waals surface area (Å²) in [6.45, 7) is 4.51. The lowest BCUT2D eigenvalue weighted by Crippen LogP contribution is -2.48. The minimum Gasteiger partial charge on any atom is -0.292 e. The van der Waals surface area contributed by atoms with Crippen molar-refractivity contribution in [1.29, 1.82) is 5.26 Å². The molecule has 1 fully saturated rings. The first-order valence-electron chi connectivity index (χ1n) is 5.09. The molecule has 0 amide bonds. The molecule has 1 aliphatic rings. The lowest BCUT2D eigenvalue weighted by atomic mass is 9.72. The first kappa shape index (κ1) is 10.5. The van der Waals surface area contributed by atoms with E-state index in [9.17, 15) is 5.26 Å². The Morgan fingerprint density at radius 1 is 1.23 bits per heavy atom. The Kier molecular flexibility index (Phi) is 2.98. The van der Waals surface area contributed by atoms with Gasteiger partial charge in [0.15, 0.2) is 0 Å². The van der Waals surface area contributed by atoms with Crippen LogP contribution in [0.15, 0.2) is 0 Å². The predicted octanol–water partition coefficient (Wildman–Crippen LogP) is 2.27. The minimum absolute atomic E-state index is 0.197. The van der Waals surface area contributed by atoms with Gasteiger partial charge >= 0.3 is 0 Å². The third-order valence-corrected chi connectivity index (χ3v) is 3.24. The molecule has 0 N–H and O–H groups in total. The van der Waals surface area contributed by atoms with E-state index in [4.69, 9.17) is 0 Å². The van der Waals surface area contributed by atoms with Crippen LogP contribution in [0.4, 0.5) is 0 Å². The molecule has 0 bridgehead atoms. The normalized spacial score (nSPS) is 40.3. The van der Waals surface area contributed by atoms with Gasteiger partial charge in [-0.05, 0) is 45.2 Å². The molecule has 2 nitrogen and oxygen atoms in total. The van der Waals surface area contributed by atoms with Gasteiger partial charge in [-0.1, -0.05) is 13.8 Å². The van der Waals surface area contributed by atoms with Gasteiger partial charge in [0, 0.05) is 0 Å². The van der Waals surface area contributed by atoms with Crippen molar-refractivity contribution < 1.29 is 0 Å². The number of rotatable bonds is 1. The zero-order chi connectivity index (χ0) is 10.1. The number of hydrogen-bond donors (Lipinski definition) is 0. The summed E-state index contributed by atoms with van der Waals surface area (Å²) < 4.78 is 0. The van der Waals surface area contributed by atoms with Crippen LogP contribution in [-0.2, 0) is 0 Å². The van der Waals surface area contributed by atoms with Crippen molar-refractivity contribution in [3.8, 4) is 6.07 Å². The maximum absolute atomic E-state index is 9.26. The van der Waals surface area contributed by atoms with Crippen LogP contribution < -0.4 is 0 Å². The molecular weight excluding hydrogens is 160 g/mol. The van der Waals surface area contributed by atoms with Crippen LogP contribution in [0, 0.1) is 23.2 Å². The molecule has 0 aromatic rings. The molecule has 0 aromatic heterocycles. The van der Waals surface area contributed by atoms with Crippen molar-refractivity contribution in [2.24, 2.45) is 11.8 Å². The highest BCUT2D eigenvalue weighted by atomic mass is 15.1. The van der Waals surface area contributed by atoms with Gasteiger partial charge in [-0.25, -0.2) is 0 Å². The Balaban J connectivity index is 2.82. The fourth-order valence-electron chi connectivity index (χ4n) is 2.65. The molecule has 0 spiro atoms. The third kappa shape index (κ3) is 2.03. The van der Waals surface area contributed by atoms with Crippen LogP contribution in [-0.4, -0.2) is 24.5 Å². The summed E-state index contributed by atoms with van der Waals surface area (Å²) in [7, 11) is 4.04. The highest BCUT2D eigenvalue weighted by Crippen LogP contribution is 2.38. The van der Waals surface area contributed by atoms with E-state index in [0.29, 0.717) is 11.8 Å². The maximum atomic E-state index is 9.26. The zero-order valence-electron chi connectivity index (χ0n) is 9.17. The number of nitriles is 1. The summed E-state index contributed by atoms with van der Waals surface area (Å²) in [5.74, 6) is 1.37. The van der Waals surface area contributed by atoms with Gasteiger partial charge in [0.25, 0.3) is 0 Å². The van der Waals surface area contributed by atoms with Gasteiger partial charge < -0.3 is 0 Å². The minimum atomic E-state index is -0.197. The highest BCUT2D eigenvalue weighted by Gasteiger charge is 2.39. The second-order valence-corrected chi connectivity index (χ2v) is 4.89. The molecule has 2 atom stereocenters. The molecule has 2 heteroatoms.